The van der Waals surface area contributed by atoms with Crippen LogP contribution in [0.15, 0.2) is 47.4 Å². The number of carbonyl (C=O) groups excluding carboxylic acids is 1. The molecule has 0 radical (unpaired) electrons. The first-order chi connectivity index (χ1) is 10.5. The van der Waals surface area contributed by atoms with Crippen molar-refractivity contribution in [2.75, 3.05) is 5.32 Å². The van der Waals surface area contributed by atoms with Gasteiger partial charge in [0.05, 0.1) is 0 Å². The predicted octanol–water partition coefficient (Wildman–Crippen LogP) is 4.39. The number of hydrogen-bond acceptors (Lipinski definition) is 3. The Hall–Kier alpha value is -1.85. The van der Waals surface area contributed by atoms with Crippen LogP contribution in [0.3, 0.4) is 0 Å². The molecule has 0 fully saturated rings. The summed E-state index contributed by atoms with van der Waals surface area (Å²) in [5.41, 5.74) is 1.66. The third-order valence-corrected chi connectivity index (χ3v) is 4.00. The van der Waals surface area contributed by atoms with E-state index in [1.54, 1.807) is 25.1 Å². The van der Waals surface area contributed by atoms with Crippen LogP contribution in [0.2, 0.25) is 0 Å². The molecule has 116 valence electrons. The van der Waals surface area contributed by atoms with Gasteiger partial charge in [-0.05, 0) is 74.7 Å². The Morgan fingerprint density at radius 2 is 1.95 bits per heavy atom. The Morgan fingerprint density at radius 1 is 1.18 bits per heavy atom. The smallest absolute Gasteiger partial charge is 0.255 e. The Morgan fingerprint density at radius 3 is 2.64 bits per heavy atom. The summed E-state index contributed by atoms with van der Waals surface area (Å²) in [4.78, 5) is 13.2. The summed E-state index contributed by atoms with van der Waals surface area (Å²) in [6.45, 7) is 5.78. The van der Waals surface area contributed by atoms with Crippen LogP contribution in [-0.2, 0) is 0 Å². The number of rotatable bonds is 5. The van der Waals surface area contributed by atoms with Crippen LogP contribution in [0.4, 0.5) is 10.1 Å². The predicted molar refractivity (Wildman–Crippen MR) is 89.7 cm³/mol. The van der Waals surface area contributed by atoms with Gasteiger partial charge in [-0.1, -0.05) is 6.07 Å². The molecule has 3 nitrogen and oxygen atoms in total. The van der Waals surface area contributed by atoms with E-state index in [1.165, 1.54) is 18.0 Å². The van der Waals surface area contributed by atoms with Crippen LogP contribution < -0.4 is 10.0 Å². The number of carbonyl (C=O) groups is 1. The summed E-state index contributed by atoms with van der Waals surface area (Å²) >= 11 is 1.49. The van der Waals surface area contributed by atoms with Crippen molar-refractivity contribution in [2.24, 2.45) is 0 Å². The zero-order valence-corrected chi connectivity index (χ0v) is 13.6. The molecule has 0 bridgehead atoms. The topological polar surface area (TPSA) is 41.1 Å². The van der Waals surface area contributed by atoms with E-state index >= 15 is 0 Å². The fraction of sp³-hybridized carbons (Fsp3) is 0.235. The maximum absolute atomic E-state index is 13.2. The fourth-order valence-electron chi connectivity index (χ4n) is 1.81. The lowest BCUT2D eigenvalue weighted by atomic mass is 10.2. The van der Waals surface area contributed by atoms with Crippen LogP contribution >= 0.6 is 11.9 Å². The molecule has 2 aromatic carbocycles. The average Bonchev–Trinajstić information content (AvgIpc) is 2.49. The van der Waals surface area contributed by atoms with Gasteiger partial charge >= 0.3 is 0 Å². The van der Waals surface area contributed by atoms with Gasteiger partial charge in [-0.15, -0.1) is 0 Å². The quantitative estimate of drug-likeness (QED) is 0.803. The summed E-state index contributed by atoms with van der Waals surface area (Å²) in [7, 11) is 0. The minimum atomic E-state index is -0.281. The number of amides is 1. The first-order valence-electron chi connectivity index (χ1n) is 7.05. The van der Waals surface area contributed by atoms with Crippen molar-refractivity contribution in [3.63, 3.8) is 0 Å². The fourth-order valence-corrected chi connectivity index (χ4v) is 2.52. The Bertz CT molecular complexity index is 673. The molecule has 2 aromatic rings. The molecule has 0 spiro atoms. The Balaban J connectivity index is 2.08. The minimum absolute atomic E-state index is 0.210. The summed E-state index contributed by atoms with van der Waals surface area (Å²) in [5, 5.41) is 2.78. The summed E-state index contributed by atoms with van der Waals surface area (Å²) in [5.74, 6) is -0.492. The van der Waals surface area contributed by atoms with Crippen LogP contribution in [0.25, 0.3) is 0 Å². The molecular formula is C17H19FN2OS. The lowest BCUT2D eigenvalue weighted by Crippen LogP contribution is -2.14. The molecule has 2 N–H and O–H groups in total. The number of nitrogens with one attached hydrogen (secondary N) is 2. The van der Waals surface area contributed by atoms with Crippen molar-refractivity contribution >= 4 is 23.5 Å². The molecule has 0 atom stereocenters. The highest BCUT2D eigenvalue weighted by Crippen LogP contribution is 2.19. The minimum Gasteiger partial charge on any atom is -0.322 e. The molecule has 0 aromatic heterocycles. The monoisotopic (exact) mass is 318 g/mol. The largest absolute Gasteiger partial charge is 0.322 e. The maximum Gasteiger partial charge on any atom is 0.255 e. The molecule has 0 aliphatic carbocycles. The highest BCUT2D eigenvalue weighted by molar-refractivity contribution is 7.97. The molecule has 5 heteroatoms. The molecule has 1 amide bonds. The van der Waals surface area contributed by atoms with Crippen molar-refractivity contribution < 1.29 is 9.18 Å². The first kappa shape index (κ1) is 16.5. The second kappa shape index (κ2) is 7.42. The van der Waals surface area contributed by atoms with E-state index < -0.39 is 0 Å². The first-order valence-corrected chi connectivity index (χ1v) is 7.87. The van der Waals surface area contributed by atoms with Gasteiger partial charge < -0.3 is 5.32 Å². The molecule has 0 aliphatic heterocycles. The summed E-state index contributed by atoms with van der Waals surface area (Å²) in [6, 6.07) is 12.2. The number of aryl methyl sites for hydroxylation is 1. The van der Waals surface area contributed by atoms with Crippen molar-refractivity contribution in [2.45, 2.75) is 31.7 Å². The summed E-state index contributed by atoms with van der Waals surface area (Å²) in [6.07, 6.45) is 0. The van der Waals surface area contributed by atoms with Gasteiger partial charge in [0.1, 0.15) is 5.82 Å². The van der Waals surface area contributed by atoms with Gasteiger partial charge in [0, 0.05) is 22.2 Å². The van der Waals surface area contributed by atoms with E-state index in [1.807, 2.05) is 18.2 Å². The van der Waals surface area contributed by atoms with Crippen molar-refractivity contribution in [3.8, 4) is 0 Å². The molecule has 0 saturated heterocycles. The second-order valence-corrected chi connectivity index (χ2v) is 6.23. The number of anilines is 1. The van der Waals surface area contributed by atoms with E-state index in [0.717, 1.165) is 4.90 Å². The van der Waals surface area contributed by atoms with Crippen molar-refractivity contribution in [1.29, 1.82) is 0 Å². The van der Waals surface area contributed by atoms with E-state index in [4.69, 9.17) is 0 Å². The number of hydrogen-bond donors (Lipinski definition) is 2. The molecule has 2 rings (SSSR count). The summed E-state index contributed by atoms with van der Waals surface area (Å²) < 4.78 is 16.5. The van der Waals surface area contributed by atoms with Crippen LogP contribution in [0, 0.1) is 12.7 Å². The van der Waals surface area contributed by atoms with E-state index in [2.05, 4.69) is 23.9 Å². The zero-order chi connectivity index (χ0) is 16.1. The van der Waals surface area contributed by atoms with Crippen molar-refractivity contribution in [1.82, 2.24) is 4.72 Å². The lowest BCUT2D eigenvalue weighted by Gasteiger charge is -2.09. The zero-order valence-electron chi connectivity index (χ0n) is 12.8. The second-order valence-electron chi connectivity index (χ2n) is 5.32. The van der Waals surface area contributed by atoms with Gasteiger partial charge in [0.15, 0.2) is 0 Å². The van der Waals surface area contributed by atoms with Gasteiger partial charge in [-0.2, -0.15) is 0 Å². The third kappa shape index (κ3) is 4.58. The Labute approximate surface area is 134 Å². The standard InChI is InChI=1S/C17H19FN2OS/c1-11(2)20-22-15-6-4-5-13(10-15)17(21)19-14-7-8-16(18)12(3)9-14/h4-11,20H,1-3H3,(H,19,21). The number of halogens is 1. The maximum atomic E-state index is 13.2. The highest BCUT2D eigenvalue weighted by atomic mass is 32.2. The lowest BCUT2D eigenvalue weighted by molar-refractivity contribution is 0.102. The molecule has 0 heterocycles. The molecular weight excluding hydrogens is 299 g/mol. The van der Waals surface area contributed by atoms with Gasteiger partial charge in [0.2, 0.25) is 0 Å². The van der Waals surface area contributed by atoms with Gasteiger partial charge in [-0.3, -0.25) is 9.52 Å². The van der Waals surface area contributed by atoms with Crippen molar-refractivity contribution in [3.05, 3.63) is 59.4 Å². The van der Waals surface area contributed by atoms with E-state index in [9.17, 15) is 9.18 Å². The molecule has 22 heavy (non-hydrogen) atoms. The average molecular weight is 318 g/mol. The van der Waals surface area contributed by atoms with E-state index in [0.29, 0.717) is 22.9 Å². The molecule has 0 aliphatic rings. The molecule has 0 saturated carbocycles. The Kier molecular flexibility index (Phi) is 5.57. The van der Waals surface area contributed by atoms with Gasteiger partial charge in [-0.25, -0.2) is 4.39 Å². The molecule has 0 unspecified atom stereocenters. The van der Waals surface area contributed by atoms with Crippen LogP contribution in [-0.4, -0.2) is 11.9 Å². The van der Waals surface area contributed by atoms with E-state index in [-0.39, 0.29) is 11.7 Å². The normalized spacial score (nSPS) is 10.8. The SMILES string of the molecule is Cc1cc(NC(=O)c2cccc(SNC(C)C)c2)ccc1F. The van der Waals surface area contributed by atoms with Gasteiger partial charge in [0.25, 0.3) is 5.91 Å². The van der Waals surface area contributed by atoms with Crippen LogP contribution in [0.5, 0.6) is 0 Å². The number of benzene rings is 2. The third-order valence-electron chi connectivity index (χ3n) is 2.92. The van der Waals surface area contributed by atoms with Crippen LogP contribution in [0.1, 0.15) is 29.8 Å². The highest BCUT2D eigenvalue weighted by Gasteiger charge is 2.08.